The highest BCUT2D eigenvalue weighted by molar-refractivity contribution is 5.75. The number of nitrogens with zero attached hydrogens (tertiary/aromatic N) is 1. The summed E-state index contributed by atoms with van der Waals surface area (Å²) in [6.45, 7) is -0.114. The Morgan fingerprint density at radius 1 is 1.38 bits per heavy atom. The number of hydrogen-bond acceptors (Lipinski definition) is 4. The SMILES string of the molecule is NC(=O)COc1cccc(NC2CCc3cccnc32)c1. The predicted octanol–water partition coefficient (Wildman–Crippen LogP) is 2.05. The van der Waals surface area contributed by atoms with Gasteiger partial charge in [-0.2, -0.15) is 0 Å². The molecular formula is C16H17N3O2. The second kappa shape index (κ2) is 5.83. The largest absolute Gasteiger partial charge is 0.484 e. The molecule has 108 valence electrons. The Morgan fingerprint density at radius 3 is 3.14 bits per heavy atom. The molecule has 0 fully saturated rings. The van der Waals surface area contributed by atoms with Crippen molar-refractivity contribution in [2.75, 3.05) is 11.9 Å². The Balaban J connectivity index is 1.71. The highest BCUT2D eigenvalue weighted by Crippen LogP contribution is 2.32. The summed E-state index contributed by atoms with van der Waals surface area (Å²) in [5.74, 6) is 0.139. The van der Waals surface area contributed by atoms with Crippen LogP contribution in [-0.2, 0) is 11.2 Å². The van der Waals surface area contributed by atoms with E-state index in [0.29, 0.717) is 5.75 Å². The number of fused-ring (bicyclic) bond motifs is 1. The first-order chi connectivity index (χ1) is 10.2. The van der Waals surface area contributed by atoms with Gasteiger partial charge in [-0.3, -0.25) is 9.78 Å². The van der Waals surface area contributed by atoms with Crippen molar-refractivity contribution < 1.29 is 9.53 Å². The van der Waals surface area contributed by atoms with Gasteiger partial charge in [0, 0.05) is 18.0 Å². The zero-order valence-electron chi connectivity index (χ0n) is 11.6. The lowest BCUT2D eigenvalue weighted by Crippen LogP contribution is -2.20. The molecule has 1 aliphatic rings. The maximum atomic E-state index is 10.7. The average molecular weight is 283 g/mol. The molecule has 1 aromatic carbocycles. The molecule has 1 unspecified atom stereocenters. The number of aromatic nitrogens is 1. The molecule has 0 aliphatic heterocycles. The van der Waals surface area contributed by atoms with Crippen molar-refractivity contribution in [1.29, 1.82) is 0 Å². The molecule has 5 heteroatoms. The van der Waals surface area contributed by atoms with Gasteiger partial charge in [-0.1, -0.05) is 12.1 Å². The minimum Gasteiger partial charge on any atom is -0.484 e. The Kier molecular flexibility index (Phi) is 3.73. The smallest absolute Gasteiger partial charge is 0.255 e. The number of anilines is 1. The van der Waals surface area contributed by atoms with Crippen molar-refractivity contribution in [2.45, 2.75) is 18.9 Å². The van der Waals surface area contributed by atoms with Crippen molar-refractivity contribution >= 4 is 11.6 Å². The maximum Gasteiger partial charge on any atom is 0.255 e. The van der Waals surface area contributed by atoms with E-state index < -0.39 is 5.91 Å². The fourth-order valence-electron chi connectivity index (χ4n) is 2.58. The fraction of sp³-hybridized carbons (Fsp3) is 0.250. The monoisotopic (exact) mass is 283 g/mol. The molecule has 1 aliphatic carbocycles. The number of pyridine rings is 1. The van der Waals surface area contributed by atoms with E-state index >= 15 is 0 Å². The van der Waals surface area contributed by atoms with Gasteiger partial charge in [0.15, 0.2) is 6.61 Å². The van der Waals surface area contributed by atoms with Crippen LogP contribution in [0.15, 0.2) is 42.6 Å². The van der Waals surface area contributed by atoms with E-state index in [0.717, 1.165) is 24.2 Å². The number of carbonyl (C=O) groups is 1. The van der Waals surface area contributed by atoms with Crippen LogP contribution in [0.5, 0.6) is 5.75 Å². The van der Waals surface area contributed by atoms with E-state index in [4.69, 9.17) is 10.5 Å². The van der Waals surface area contributed by atoms with Gasteiger partial charge in [0.1, 0.15) is 5.75 Å². The normalized spacial score (nSPS) is 16.3. The molecule has 2 aromatic rings. The predicted molar refractivity (Wildman–Crippen MR) is 80.1 cm³/mol. The highest BCUT2D eigenvalue weighted by Gasteiger charge is 2.23. The van der Waals surface area contributed by atoms with Crippen LogP contribution in [0, 0.1) is 0 Å². The second-order valence-electron chi connectivity index (χ2n) is 5.07. The van der Waals surface area contributed by atoms with E-state index in [1.165, 1.54) is 5.56 Å². The van der Waals surface area contributed by atoms with Crippen molar-refractivity contribution in [2.24, 2.45) is 5.73 Å². The van der Waals surface area contributed by atoms with Crippen LogP contribution in [-0.4, -0.2) is 17.5 Å². The number of rotatable bonds is 5. The molecule has 1 amide bonds. The summed E-state index contributed by atoms with van der Waals surface area (Å²) in [7, 11) is 0. The summed E-state index contributed by atoms with van der Waals surface area (Å²) >= 11 is 0. The fourth-order valence-corrected chi connectivity index (χ4v) is 2.58. The molecule has 0 radical (unpaired) electrons. The third-order valence-corrected chi connectivity index (χ3v) is 3.51. The first kappa shape index (κ1) is 13.4. The lowest BCUT2D eigenvalue weighted by atomic mass is 10.2. The molecule has 3 N–H and O–H groups in total. The van der Waals surface area contributed by atoms with Crippen molar-refractivity contribution in [3.05, 3.63) is 53.9 Å². The van der Waals surface area contributed by atoms with Gasteiger partial charge < -0.3 is 15.8 Å². The molecule has 3 rings (SSSR count). The van der Waals surface area contributed by atoms with E-state index in [-0.39, 0.29) is 12.6 Å². The number of benzene rings is 1. The summed E-state index contributed by atoms with van der Waals surface area (Å²) < 4.78 is 5.31. The summed E-state index contributed by atoms with van der Waals surface area (Å²) in [6.07, 6.45) is 3.89. The van der Waals surface area contributed by atoms with Crippen LogP contribution < -0.4 is 15.8 Å². The first-order valence-corrected chi connectivity index (χ1v) is 6.94. The standard InChI is InChI=1S/C16H17N3O2/c17-15(20)10-21-13-5-1-4-12(9-13)19-14-7-6-11-3-2-8-18-16(11)14/h1-5,8-9,14,19H,6-7,10H2,(H2,17,20). The number of carbonyl (C=O) groups excluding carboxylic acids is 1. The van der Waals surface area contributed by atoms with Crippen LogP contribution in [0.4, 0.5) is 5.69 Å². The molecule has 1 atom stereocenters. The Labute approximate surface area is 123 Å². The lowest BCUT2D eigenvalue weighted by molar-refractivity contribution is -0.119. The third kappa shape index (κ3) is 3.13. The topological polar surface area (TPSA) is 77.2 Å². The molecular weight excluding hydrogens is 266 g/mol. The van der Waals surface area contributed by atoms with Gasteiger partial charge in [0.25, 0.3) is 5.91 Å². The van der Waals surface area contributed by atoms with E-state index in [9.17, 15) is 4.79 Å². The molecule has 0 saturated heterocycles. The highest BCUT2D eigenvalue weighted by atomic mass is 16.5. The molecule has 0 bridgehead atoms. The third-order valence-electron chi connectivity index (χ3n) is 3.51. The zero-order chi connectivity index (χ0) is 14.7. The quantitative estimate of drug-likeness (QED) is 0.880. The second-order valence-corrected chi connectivity index (χ2v) is 5.07. The summed E-state index contributed by atoms with van der Waals surface area (Å²) in [5, 5.41) is 3.47. The molecule has 0 spiro atoms. The molecule has 1 heterocycles. The first-order valence-electron chi connectivity index (χ1n) is 6.94. The minimum atomic E-state index is -0.484. The van der Waals surface area contributed by atoms with Crippen LogP contribution in [0.2, 0.25) is 0 Å². The van der Waals surface area contributed by atoms with Crippen molar-refractivity contribution in [3.63, 3.8) is 0 Å². The number of amides is 1. The van der Waals surface area contributed by atoms with Crippen molar-refractivity contribution in [3.8, 4) is 5.75 Å². The van der Waals surface area contributed by atoms with Crippen molar-refractivity contribution in [1.82, 2.24) is 4.98 Å². The number of hydrogen-bond donors (Lipinski definition) is 2. The summed E-state index contributed by atoms with van der Waals surface area (Å²) in [5.41, 5.74) is 8.43. The Bertz CT molecular complexity index is 657. The lowest BCUT2D eigenvalue weighted by Gasteiger charge is -2.15. The van der Waals surface area contributed by atoms with E-state index in [1.807, 2.05) is 30.5 Å². The molecule has 21 heavy (non-hydrogen) atoms. The van der Waals surface area contributed by atoms with Gasteiger partial charge >= 0.3 is 0 Å². The number of ether oxygens (including phenoxy) is 1. The van der Waals surface area contributed by atoms with Gasteiger partial charge in [-0.25, -0.2) is 0 Å². The minimum absolute atomic E-state index is 0.114. The molecule has 0 saturated carbocycles. The number of nitrogens with one attached hydrogen (secondary N) is 1. The van der Waals surface area contributed by atoms with E-state index in [1.54, 1.807) is 6.07 Å². The van der Waals surface area contributed by atoms with Crippen LogP contribution in [0.3, 0.4) is 0 Å². The van der Waals surface area contributed by atoms with Gasteiger partial charge in [-0.05, 0) is 36.6 Å². The van der Waals surface area contributed by atoms with Crippen LogP contribution in [0.25, 0.3) is 0 Å². The van der Waals surface area contributed by atoms with Gasteiger partial charge in [0.2, 0.25) is 0 Å². The molecule has 5 nitrogen and oxygen atoms in total. The Hall–Kier alpha value is -2.56. The van der Waals surface area contributed by atoms with Crippen LogP contribution >= 0.6 is 0 Å². The summed E-state index contributed by atoms with van der Waals surface area (Å²) in [4.78, 5) is 15.2. The van der Waals surface area contributed by atoms with E-state index in [2.05, 4.69) is 16.4 Å². The number of primary amides is 1. The average Bonchev–Trinajstić information content (AvgIpc) is 2.89. The Morgan fingerprint density at radius 2 is 2.29 bits per heavy atom. The summed E-state index contributed by atoms with van der Waals surface area (Å²) in [6, 6.07) is 11.8. The number of nitrogens with two attached hydrogens (primary N) is 1. The van der Waals surface area contributed by atoms with Gasteiger partial charge in [0.05, 0.1) is 11.7 Å². The van der Waals surface area contributed by atoms with Gasteiger partial charge in [-0.15, -0.1) is 0 Å². The molecule has 1 aromatic heterocycles. The zero-order valence-corrected chi connectivity index (χ0v) is 11.6. The van der Waals surface area contributed by atoms with Crippen LogP contribution in [0.1, 0.15) is 23.7 Å². The maximum absolute atomic E-state index is 10.7. The number of aryl methyl sites for hydroxylation is 1.